The van der Waals surface area contributed by atoms with Gasteiger partial charge in [0.05, 0.1) is 0 Å². The molecule has 2 aromatic carbocycles. The molecule has 0 aliphatic heterocycles. The molecule has 110 valence electrons. The molecule has 0 saturated heterocycles. The molecule has 21 heavy (non-hydrogen) atoms. The van der Waals surface area contributed by atoms with Gasteiger partial charge in [-0.3, -0.25) is 0 Å². The molecule has 0 aliphatic rings. The lowest BCUT2D eigenvalue weighted by molar-refractivity contribution is 0.237. The first kappa shape index (κ1) is 16.0. The fraction of sp³-hybridized carbons (Fsp3) is 0.222. The van der Waals surface area contributed by atoms with Crippen LogP contribution in [-0.4, -0.2) is 30.6 Å². The maximum atomic E-state index is 10.7. The first-order valence-electron chi connectivity index (χ1n) is 6.91. The van der Waals surface area contributed by atoms with Crippen molar-refractivity contribution in [2.24, 2.45) is 0 Å². The maximum absolute atomic E-state index is 10.7. The van der Waals surface area contributed by atoms with E-state index in [0.717, 1.165) is 27.7 Å². The maximum Gasteiger partial charge on any atom is 0.104 e. The molecule has 0 heterocycles. The molecule has 3 heteroatoms. The van der Waals surface area contributed by atoms with Crippen LogP contribution >= 0.6 is 15.9 Å². The van der Waals surface area contributed by atoms with Gasteiger partial charge in [0.25, 0.3) is 0 Å². The number of halogens is 1. The number of nitrogens with zero attached hydrogens (tertiary/aromatic N) is 1. The Labute approximate surface area is 134 Å². The van der Waals surface area contributed by atoms with E-state index in [9.17, 15) is 5.11 Å². The van der Waals surface area contributed by atoms with Crippen LogP contribution in [0.1, 0.15) is 17.2 Å². The van der Waals surface area contributed by atoms with E-state index in [1.807, 2.05) is 68.7 Å². The average molecular weight is 346 g/mol. The zero-order valence-electron chi connectivity index (χ0n) is 12.3. The minimum absolute atomic E-state index is 0.625. The number of aliphatic hydroxyl groups excluding tert-OH is 1. The highest BCUT2D eigenvalue weighted by Crippen LogP contribution is 2.30. The van der Waals surface area contributed by atoms with Crippen LogP contribution in [0, 0.1) is 0 Å². The Kier molecular flexibility index (Phi) is 5.74. The first-order chi connectivity index (χ1) is 10.1. The highest BCUT2D eigenvalue weighted by Gasteiger charge is 2.15. The van der Waals surface area contributed by atoms with Crippen molar-refractivity contribution in [3.8, 4) is 0 Å². The van der Waals surface area contributed by atoms with Gasteiger partial charge in [-0.2, -0.15) is 0 Å². The summed E-state index contributed by atoms with van der Waals surface area (Å²) >= 11 is 3.42. The summed E-state index contributed by atoms with van der Waals surface area (Å²) in [5.41, 5.74) is 2.88. The molecule has 2 nitrogen and oxygen atoms in total. The van der Waals surface area contributed by atoms with Gasteiger partial charge >= 0.3 is 0 Å². The van der Waals surface area contributed by atoms with E-state index in [2.05, 4.69) is 26.9 Å². The molecule has 0 radical (unpaired) electrons. The normalized spacial score (nSPS) is 13.5. The van der Waals surface area contributed by atoms with Crippen molar-refractivity contribution in [2.45, 2.75) is 6.10 Å². The fourth-order valence-electron chi connectivity index (χ4n) is 2.12. The lowest BCUT2D eigenvalue weighted by atomic mass is 9.95. The molecule has 0 fully saturated rings. The molecule has 0 bridgehead atoms. The van der Waals surface area contributed by atoms with Crippen molar-refractivity contribution < 1.29 is 5.11 Å². The molecule has 2 aromatic rings. The Hall–Kier alpha value is -1.42. The SMILES string of the molecule is CN(C)C/C=C(\c1ccccc1)C(O)c1ccc(Br)cc1. The topological polar surface area (TPSA) is 23.5 Å². The molecule has 0 amide bonds. The van der Waals surface area contributed by atoms with E-state index < -0.39 is 6.10 Å². The van der Waals surface area contributed by atoms with Crippen molar-refractivity contribution in [1.82, 2.24) is 4.90 Å². The second-order valence-electron chi connectivity index (χ2n) is 5.24. The number of aliphatic hydroxyl groups is 1. The summed E-state index contributed by atoms with van der Waals surface area (Å²) in [5.74, 6) is 0. The average Bonchev–Trinajstić information content (AvgIpc) is 2.49. The molecule has 0 aliphatic carbocycles. The number of likely N-dealkylation sites (N-methyl/N-ethyl adjacent to an activating group) is 1. The third-order valence-electron chi connectivity index (χ3n) is 3.26. The third kappa shape index (κ3) is 4.53. The lowest BCUT2D eigenvalue weighted by Gasteiger charge is -2.17. The Morgan fingerprint density at radius 2 is 1.71 bits per heavy atom. The van der Waals surface area contributed by atoms with Crippen LogP contribution in [0.25, 0.3) is 5.57 Å². The van der Waals surface area contributed by atoms with Crippen LogP contribution in [0.15, 0.2) is 65.1 Å². The van der Waals surface area contributed by atoms with Gasteiger partial charge in [-0.25, -0.2) is 0 Å². The Balaban J connectivity index is 2.35. The largest absolute Gasteiger partial charge is 0.384 e. The van der Waals surface area contributed by atoms with Crippen LogP contribution < -0.4 is 0 Å². The van der Waals surface area contributed by atoms with Gasteiger partial charge in [-0.05, 0) is 42.9 Å². The van der Waals surface area contributed by atoms with Crippen molar-refractivity contribution in [3.05, 3.63) is 76.3 Å². The number of rotatable bonds is 5. The smallest absolute Gasteiger partial charge is 0.104 e. The van der Waals surface area contributed by atoms with Gasteiger partial charge < -0.3 is 10.0 Å². The molecular formula is C18H20BrNO. The highest BCUT2D eigenvalue weighted by molar-refractivity contribution is 9.10. The van der Waals surface area contributed by atoms with Crippen molar-refractivity contribution in [2.75, 3.05) is 20.6 Å². The zero-order chi connectivity index (χ0) is 15.2. The molecule has 1 unspecified atom stereocenters. The number of hydrogen-bond acceptors (Lipinski definition) is 2. The summed E-state index contributed by atoms with van der Waals surface area (Å²) in [7, 11) is 4.04. The molecule has 1 atom stereocenters. The van der Waals surface area contributed by atoms with Crippen molar-refractivity contribution >= 4 is 21.5 Å². The first-order valence-corrected chi connectivity index (χ1v) is 7.71. The summed E-state index contributed by atoms with van der Waals surface area (Å²) in [4.78, 5) is 2.08. The standard InChI is InChI=1S/C18H20BrNO/c1-20(2)13-12-17(14-6-4-3-5-7-14)18(21)15-8-10-16(19)11-9-15/h3-12,18,21H,13H2,1-2H3/b17-12+. The quantitative estimate of drug-likeness (QED) is 0.880. The molecule has 1 N–H and O–H groups in total. The molecule has 0 aromatic heterocycles. The second kappa shape index (κ2) is 7.55. The molecule has 0 saturated carbocycles. The van der Waals surface area contributed by atoms with Crippen LogP contribution in [0.2, 0.25) is 0 Å². The van der Waals surface area contributed by atoms with Gasteiger partial charge in [-0.1, -0.05) is 64.5 Å². The van der Waals surface area contributed by atoms with Gasteiger partial charge in [0, 0.05) is 11.0 Å². The van der Waals surface area contributed by atoms with Gasteiger partial charge in [0.1, 0.15) is 6.10 Å². The van der Waals surface area contributed by atoms with Crippen LogP contribution in [0.5, 0.6) is 0 Å². The van der Waals surface area contributed by atoms with Crippen molar-refractivity contribution in [1.29, 1.82) is 0 Å². The van der Waals surface area contributed by atoms with Crippen LogP contribution in [0.3, 0.4) is 0 Å². The molecular weight excluding hydrogens is 326 g/mol. The molecule has 2 rings (SSSR count). The van der Waals surface area contributed by atoms with Gasteiger partial charge in [0.15, 0.2) is 0 Å². The van der Waals surface area contributed by atoms with Gasteiger partial charge in [0.2, 0.25) is 0 Å². The molecule has 0 spiro atoms. The number of hydrogen-bond donors (Lipinski definition) is 1. The van der Waals surface area contributed by atoms with Crippen LogP contribution in [-0.2, 0) is 0 Å². The van der Waals surface area contributed by atoms with E-state index in [-0.39, 0.29) is 0 Å². The monoisotopic (exact) mass is 345 g/mol. The van der Waals surface area contributed by atoms with Gasteiger partial charge in [-0.15, -0.1) is 0 Å². The van der Waals surface area contributed by atoms with E-state index in [1.165, 1.54) is 0 Å². The fourth-order valence-corrected chi connectivity index (χ4v) is 2.39. The summed E-state index contributed by atoms with van der Waals surface area (Å²) in [5, 5.41) is 10.7. The minimum atomic E-state index is -0.625. The summed E-state index contributed by atoms with van der Waals surface area (Å²) in [6.45, 7) is 0.789. The van der Waals surface area contributed by atoms with Crippen LogP contribution in [0.4, 0.5) is 0 Å². The lowest BCUT2D eigenvalue weighted by Crippen LogP contribution is -2.12. The van der Waals surface area contributed by atoms with Crippen molar-refractivity contribution in [3.63, 3.8) is 0 Å². The Morgan fingerprint density at radius 3 is 2.29 bits per heavy atom. The predicted octanol–water partition coefficient (Wildman–Crippen LogP) is 4.13. The summed E-state index contributed by atoms with van der Waals surface area (Å²) < 4.78 is 1.01. The van der Waals surface area contributed by atoms with E-state index in [0.29, 0.717) is 0 Å². The number of benzene rings is 2. The van der Waals surface area contributed by atoms with E-state index >= 15 is 0 Å². The summed E-state index contributed by atoms with van der Waals surface area (Å²) in [6.07, 6.45) is 1.46. The highest BCUT2D eigenvalue weighted by atomic mass is 79.9. The summed E-state index contributed by atoms with van der Waals surface area (Å²) in [6, 6.07) is 17.8. The van der Waals surface area contributed by atoms with E-state index in [1.54, 1.807) is 0 Å². The Morgan fingerprint density at radius 1 is 1.10 bits per heavy atom. The van der Waals surface area contributed by atoms with E-state index in [4.69, 9.17) is 0 Å². The Bertz CT molecular complexity index is 590. The second-order valence-corrected chi connectivity index (χ2v) is 6.16. The third-order valence-corrected chi connectivity index (χ3v) is 3.79. The minimum Gasteiger partial charge on any atom is -0.384 e. The predicted molar refractivity (Wildman–Crippen MR) is 92.1 cm³/mol. The zero-order valence-corrected chi connectivity index (χ0v) is 13.9.